The molecule has 7 nitrogen and oxygen atoms in total. The van der Waals surface area contributed by atoms with Gasteiger partial charge in [-0.2, -0.15) is 5.26 Å². The Morgan fingerprint density at radius 3 is 2.48 bits per heavy atom. The van der Waals surface area contributed by atoms with Crippen LogP contribution in [0.25, 0.3) is 0 Å². The van der Waals surface area contributed by atoms with Gasteiger partial charge >= 0.3 is 6.09 Å². The molecular weight excluding hydrogens is 414 g/mol. The predicted octanol–water partition coefficient (Wildman–Crippen LogP) is 4.39. The summed E-state index contributed by atoms with van der Waals surface area (Å²) in [4.78, 5) is 24.5. The second-order valence-corrected chi connectivity index (χ2v) is 9.68. The van der Waals surface area contributed by atoms with Gasteiger partial charge in [-0.3, -0.25) is 4.90 Å². The van der Waals surface area contributed by atoms with Crippen molar-refractivity contribution in [3.63, 3.8) is 0 Å². The van der Waals surface area contributed by atoms with E-state index in [1.165, 1.54) is 24.8 Å². The number of carbonyl (C=O) groups is 1. The van der Waals surface area contributed by atoms with Gasteiger partial charge in [0, 0.05) is 32.4 Å². The zero-order chi connectivity index (χ0) is 23.2. The van der Waals surface area contributed by atoms with E-state index < -0.39 is 0 Å². The summed E-state index contributed by atoms with van der Waals surface area (Å²) in [6, 6.07) is 10.1. The van der Waals surface area contributed by atoms with Crippen LogP contribution >= 0.6 is 0 Å². The van der Waals surface area contributed by atoms with Crippen molar-refractivity contribution >= 4 is 6.09 Å². The van der Waals surface area contributed by atoms with E-state index in [4.69, 9.17) is 10.00 Å². The van der Waals surface area contributed by atoms with Crippen LogP contribution in [0.5, 0.6) is 0 Å². The van der Waals surface area contributed by atoms with E-state index in [2.05, 4.69) is 34.8 Å². The van der Waals surface area contributed by atoms with Gasteiger partial charge in [0.05, 0.1) is 36.3 Å². The van der Waals surface area contributed by atoms with Gasteiger partial charge in [0.2, 0.25) is 0 Å². The van der Waals surface area contributed by atoms with Gasteiger partial charge in [-0.1, -0.05) is 45.2 Å². The quantitative estimate of drug-likeness (QED) is 0.707. The smallest absolute Gasteiger partial charge is 0.409 e. The van der Waals surface area contributed by atoms with Crippen LogP contribution in [-0.4, -0.2) is 58.6 Å². The molecule has 1 aliphatic carbocycles. The fourth-order valence-corrected chi connectivity index (χ4v) is 5.38. The maximum absolute atomic E-state index is 12.8. The molecular formula is C26H35N5O2. The molecule has 1 aromatic carbocycles. The van der Waals surface area contributed by atoms with Crippen molar-refractivity contribution in [2.45, 2.75) is 45.6 Å². The maximum Gasteiger partial charge on any atom is 0.409 e. The van der Waals surface area contributed by atoms with Crippen LogP contribution in [-0.2, 0) is 11.2 Å². The van der Waals surface area contributed by atoms with Crippen molar-refractivity contribution in [3.05, 3.63) is 53.6 Å². The molecule has 1 amide bonds. The van der Waals surface area contributed by atoms with Gasteiger partial charge in [-0.25, -0.2) is 9.78 Å². The topological polar surface area (TPSA) is 85.2 Å². The number of nitrogens with zero attached hydrogens (tertiary/aromatic N) is 4. The molecule has 0 radical (unpaired) electrons. The first-order chi connectivity index (χ1) is 16.0. The lowest BCUT2D eigenvalue weighted by molar-refractivity contribution is 0.0323. The largest absolute Gasteiger partial charge is 0.449 e. The number of benzene rings is 1. The Morgan fingerprint density at radius 2 is 1.88 bits per heavy atom. The molecule has 1 saturated carbocycles. The van der Waals surface area contributed by atoms with Crippen LogP contribution in [0.2, 0.25) is 0 Å². The second kappa shape index (κ2) is 10.8. The van der Waals surface area contributed by atoms with Gasteiger partial charge in [-0.15, -0.1) is 0 Å². The number of nitriles is 1. The highest BCUT2D eigenvalue weighted by Crippen LogP contribution is 2.34. The highest BCUT2D eigenvalue weighted by Gasteiger charge is 2.31. The van der Waals surface area contributed by atoms with Gasteiger partial charge < -0.3 is 14.6 Å². The molecule has 1 aliphatic heterocycles. The first-order valence-corrected chi connectivity index (χ1v) is 12.2. The number of aromatic nitrogens is 2. The SMILES string of the molecule is C[C@@H]1CCC[C@H](C)C1COC(=O)N1CCN(C(Cc2ccc(C#N)cc2)c2cnc[nH]2)CC1. The molecule has 2 aliphatic rings. The average molecular weight is 450 g/mol. The summed E-state index contributed by atoms with van der Waals surface area (Å²) in [5, 5.41) is 9.06. The number of ether oxygens (including phenoxy) is 1. The van der Waals surface area contributed by atoms with Crippen LogP contribution in [0.4, 0.5) is 4.79 Å². The van der Waals surface area contributed by atoms with E-state index in [1.54, 1.807) is 6.33 Å². The number of piperazine rings is 1. The van der Waals surface area contributed by atoms with Gasteiger partial charge in [-0.05, 0) is 41.9 Å². The number of rotatable bonds is 6. The van der Waals surface area contributed by atoms with Crippen LogP contribution in [0.3, 0.4) is 0 Å². The lowest BCUT2D eigenvalue weighted by Crippen LogP contribution is -2.50. The van der Waals surface area contributed by atoms with Crippen LogP contribution in [0, 0.1) is 29.1 Å². The Labute approximate surface area is 196 Å². The summed E-state index contributed by atoms with van der Waals surface area (Å²) in [6.45, 7) is 8.00. The average Bonchev–Trinajstić information content (AvgIpc) is 3.37. The Bertz CT molecular complexity index is 919. The molecule has 1 aromatic heterocycles. The molecule has 176 valence electrons. The minimum absolute atomic E-state index is 0.141. The molecule has 2 fully saturated rings. The predicted molar refractivity (Wildman–Crippen MR) is 126 cm³/mol. The third kappa shape index (κ3) is 5.75. The molecule has 4 rings (SSSR count). The van der Waals surface area contributed by atoms with Crippen LogP contribution < -0.4 is 0 Å². The van der Waals surface area contributed by atoms with Crippen molar-refractivity contribution in [3.8, 4) is 6.07 Å². The lowest BCUT2D eigenvalue weighted by Gasteiger charge is -2.39. The second-order valence-electron chi connectivity index (χ2n) is 9.68. The fraction of sp³-hybridized carbons (Fsp3) is 0.577. The Hall–Kier alpha value is -2.85. The van der Waals surface area contributed by atoms with Crippen LogP contribution in [0.1, 0.15) is 56.0 Å². The zero-order valence-electron chi connectivity index (χ0n) is 19.7. The van der Waals surface area contributed by atoms with E-state index in [0.29, 0.717) is 43.0 Å². The first-order valence-electron chi connectivity index (χ1n) is 12.2. The number of hydrogen-bond acceptors (Lipinski definition) is 5. The molecule has 0 bridgehead atoms. The number of nitrogens with one attached hydrogen (secondary N) is 1. The first kappa shape index (κ1) is 23.3. The Kier molecular flexibility index (Phi) is 7.66. The van der Waals surface area contributed by atoms with Gasteiger partial charge in [0.1, 0.15) is 0 Å². The van der Waals surface area contributed by atoms with Crippen molar-refractivity contribution in [2.75, 3.05) is 32.8 Å². The normalized spacial score (nSPS) is 24.8. The minimum Gasteiger partial charge on any atom is -0.449 e. The van der Waals surface area contributed by atoms with Gasteiger partial charge in [0.15, 0.2) is 0 Å². The number of imidazole rings is 1. The minimum atomic E-state index is -0.176. The third-order valence-corrected chi connectivity index (χ3v) is 7.58. The Morgan fingerprint density at radius 1 is 1.18 bits per heavy atom. The highest BCUT2D eigenvalue weighted by atomic mass is 16.6. The highest BCUT2D eigenvalue weighted by molar-refractivity contribution is 5.67. The standard InChI is InChI=1S/C26H35N5O2/c1-19-4-3-5-20(2)23(19)17-33-26(32)31-12-10-30(11-13-31)25(24-16-28-18-29-24)14-21-6-8-22(15-27)9-7-21/h6-9,16,18-20,23,25H,3-5,10-14,17H2,1-2H3,(H,28,29)/t19-,20+,23?,25?. The molecule has 4 atom stereocenters. The van der Waals surface area contributed by atoms with E-state index in [-0.39, 0.29) is 12.1 Å². The number of hydrogen-bond donors (Lipinski definition) is 1. The van der Waals surface area contributed by atoms with Crippen LogP contribution in [0.15, 0.2) is 36.8 Å². The summed E-state index contributed by atoms with van der Waals surface area (Å²) < 4.78 is 5.77. The lowest BCUT2D eigenvalue weighted by atomic mass is 9.74. The molecule has 7 heteroatoms. The number of carbonyl (C=O) groups excluding carboxylic acids is 1. The monoisotopic (exact) mass is 449 g/mol. The van der Waals surface area contributed by atoms with E-state index >= 15 is 0 Å². The number of H-pyrrole nitrogens is 1. The van der Waals surface area contributed by atoms with Crippen molar-refractivity contribution in [1.29, 1.82) is 5.26 Å². The van der Waals surface area contributed by atoms with Gasteiger partial charge in [0.25, 0.3) is 0 Å². The van der Waals surface area contributed by atoms with Crippen molar-refractivity contribution in [1.82, 2.24) is 19.8 Å². The molecule has 1 saturated heterocycles. The molecule has 0 spiro atoms. The molecule has 33 heavy (non-hydrogen) atoms. The number of amides is 1. The fourth-order valence-electron chi connectivity index (χ4n) is 5.38. The summed E-state index contributed by atoms with van der Waals surface area (Å²) in [7, 11) is 0. The third-order valence-electron chi connectivity index (χ3n) is 7.58. The zero-order valence-corrected chi connectivity index (χ0v) is 19.7. The van der Waals surface area contributed by atoms with Crippen molar-refractivity contribution < 1.29 is 9.53 Å². The molecule has 2 aromatic rings. The summed E-state index contributed by atoms with van der Waals surface area (Å²) in [5.41, 5.74) is 2.91. The van der Waals surface area contributed by atoms with E-state index in [9.17, 15) is 4.79 Å². The molecule has 2 unspecified atom stereocenters. The molecule has 1 N–H and O–H groups in total. The van der Waals surface area contributed by atoms with E-state index in [0.717, 1.165) is 25.2 Å². The summed E-state index contributed by atoms with van der Waals surface area (Å²) >= 11 is 0. The maximum atomic E-state index is 12.8. The summed E-state index contributed by atoms with van der Waals surface area (Å²) in [5.74, 6) is 1.72. The Balaban J connectivity index is 1.33. The van der Waals surface area contributed by atoms with E-state index in [1.807, 2.05) is 35.4 Å². The summed E-state index contributed by atoms with van der Waals surface area (Å²) in [6.07, 6.45) is 7.98. The number of aromatic amines is 1. The van der Waals surface area contributed by atoms with Crippen molar-refractivity contribution in [2.24, 2.45) is 17.8 Å². The molecule has 2 heterocycles.